The largest absolute Gasteiger partial charge is 0.492 e. The third kappa shape index (κ3) is 5.45. The Bertz CT molecular complexity index is 810. The number of benzene rings is 2. The molecule has 144 valence electrons. The van der Waals surface area contributed by atoms with Crippen molar-refractivity contribution in [1.29, 1.82) is 0 Å². The van der Waals surface area contributed by atoms with E-state index in [4.69, 9.17) is 19.9 Å². The smallest absolute Gasteiger partial charge is 0.225 e. The summed E-state index contributed by atoms with van der Waals surface area (Å²) in [5.74, 6) is 1.96. The normalized spacial score (nSPS) is 13.7. The Hall–Kier alpha value is -2.58. The van der Waals surface area contributed by atoms with Crippen LogP contribution in [0.15, 0.2) is 47.4 Å². The van der Waals surface area contributed by atoms with Gasteiger partial charge in [0.25, 0.3) is 0 Å². The summed E-state index contributed by atoms with van der Waals surface area (Å²) in [6.07, 6.45) is 0.145. The molecule has 8 heteroatoms. The van der Waals surface area contributed by atoms with Gasteiger partial charge >= 0.3 is 0 Å². The number of hydrogen-bond donors (Lipinski definition) is 2. The molecule has 0 aromatic heterocycles. The minimum atomic E-state index is -1.30. The molecule has 1 aliphatic rings. The highest BCUT2D eigenvalue weighted by Crippen LogP contribution is 2.31. The number of anilines is 1. The van der Waals surface area contributed by atoms with Crippen LogP contribution in [-0.4, -0.2) is 42.2 Å². The second-order valence-corrected chi connectivity index (χ2v) is 7.39. The van der Waals surface area contributed by atoms with Gasteiger partial charge in [-0.1, -0.05) is 0 Å². The van der Waals surface area contributed by atoms with Crippen molar-refractivity contribution in [3.05, 3.63) is 42.5 Å². The zero-order chi connectivity index (χ0) is 19.1. The predicted octanol–water partition coefficient (Wildman–Crippen LogP) is 1.93. The highest BCUT2D eigenvalue weighted by Gasteiger charge is 2.15. The first-order valence-corrected chi connectivity index (χ1v) is 9.98. The van der Waals surface area contributed by atoms with E-state index in [1.165, 1.54) is 0 Å². The van der Waals surface area contributed by atoms with Crippen LogP contribution in [0.5, 0.6) is 17.2 Å². The zero-order valence-corrected chi connectivity index (χ0v) is 15.6. The molecular formula is C19H22N2O5S. The Balaban J connectivity index is 1.49. The molecule has 1 heterocycles. The molecule has 0 saturated heterocycles. The van der Waals surface area contributed by atoms with E-state index in [2.05, 4.69) is 5.32 Å². The molecule has 27 heavy (non-hydrogen) atoms. The number of ether oxygens (including phenoxy) is 3. The molecule has 0 aliphatic carbocycles. The van der Waals surface area contributed by atoms with Gasteiger partial charge in [-0.2, -0.15) is 0 Å². The van der Waals surface area contributed by atoms with E-state index in [1.807, 2.05) is 0 Å². The molecule has 1 unspecified atom stereocenters. The molecule has 0 spiro atoms. The van der Waals surface area contributed by atoms with Gasteiger partial charge in [0.05, 0.1) is 10.8 Å². The van der Waals surface area contributed by atoms with Gasteiger partial charge in [0.1, 0.15) is 25.6 Å². The number of carbonyl (C=O) groups is 1. The van der Waals surface area contributed by atoms with Gasteiger partial charge in [-0.25, -0.2) is 0 Å². The lowest BCUT2D eigenvalue weighted by molar-refractivity contribution is -0.115. The lowest BCUT2D eigenvalue weighted by Crippen LogP contribution is -2.16. The monoisotopic (exact) mass is 390 g/mol. The molecule has 2 aromatic carbocycles. The Kier molecular flexibility index (Phi) is 6.67. The number of amides is 1. The fraction of sp³-hybridized carbons (Fsp3) is 0.316. The first-order chi connectivity index (χ1) is 13.2. The number of nitrogens with two attached hydrogens (primary N) is 1. The van der Waals surface area contributed by atoms with Gasteiger partial charge in [-0.3, -0.25) is 9.00 Å². The average Bonchev–Trinajstić information content (AvgIpc) is 2.71. The van der Waals surface area contributed by atoms with Crippen molar-refractivity contribution in [2.24, 2.45) is 5.73 Å². The third-order valence-corrected chi connectivity index (χ3v) is 5.17. The predicted molar refractivity (Wildman–Crippen MR) is 103 cm³/mol. The van der Waals surface area contributed by atoms with Crippen LogP contribution in [0.3, 0.4) is 0 Å². The van der Waals surface area contributed by atoms with Crippen LogP contribution in [0.2, 0.25) is 0 Å². The van der Waals surface area contributed by atoms with E-state index < -0.39 is 10.8 Å². The maximum Gasteiger partial charge on any atom is 0.225 e. The van der Waals surface area contributed by atoms with Crippen molar-refractivity contribution < 1.29 is 23.2 Å². The van der Waals surface area contributed by atoms with Crippen LogP contribution < -0.4 is 25.3 Å². The average molecular weight is 390 g/mol. The van der Waals surface area contributed by atoms with E-state index >= 15 is 0 Å². The lowest BCUT2D eigenvalue weighted by Gasteiger charge is -2.18. The standard InChI is InChI=1S/C19H22N2O5S/c20-8-9-24-15-3-1-14(2-4-15)21-19(22)7-12-27(23)16-5-6-17-18(13-16)26-11-10-25-17/h1-6,13H,7-12,20H2,(H,21,22). The Morgan fingerprint density at radius 3 is 2.59 bits per heavy atom. The van der Waals surface area contributed by atoms with E-state index in [1.54, 1.807) is 42.5 Å². The summed E-state index contributed by atoms with van der Waals surface area (Å²) in [7, 11) is -1.30. The van der Waals surface area contributed by atoms with Gasteiger partial charge in [0, 0.05) is 35.4 Å². The van der Waals surface area contributed by atoms with E-state index in [-0.39, 0.29) is 18.1 Å². The summed E-state index contributed by atoms with van der Waals surface area (Å²) in [5.41, 5.74) is 6.04. The molecular weight excluding hydrogens is 368 g/mol. The molecule has 7 nitrogen and oxygen atoms in total. The maximum atomic E-state index is 12.4. The van der Waals surface area contributed by atoms with Crippen LogP contribution in [0.25, 0.3) is 0 Å². The molecule has 0 bridgehead atoms. The molecule has 1 atom stereocenters. The summed E-state index contributed by atoms with van der Waals surface area (Å²) in [5, 5.41) is 2.78. The van der Waals surface area contributed by atoms with Crippen molar-refractivity contribution in [1.82, 2.24) is 0 Å². The quantitative estimate of drug-likeness (QED) is 0.714. The molecule has 0 radical (unpaired) electrons. The van der Waals surface area contributed by atoms with Gasteiger partial charge < -0.3 is 25.3 Å². The highest BCUT2D eigenvalue weighted by atomic mass is 32.2. The third-order valence-electron chi connectivity index (χ3n) is 3.82. The zero-order valence-electron chi connectivity index (χ0n) is 14.8. The van der Waals surface area contributed by atoms with E-state index in [0.717, 1.165) is 0 Å². The first kappa shape index (κ1) is 19.2. The number of rotatable bonds is 8. The van der Waals surface area contributed by atoms with Crippen LogP contribution in [0.4, 0.5) is 5.69 Å². The summed E-state index contributed by atoms with van der Waals surface area (Å²) in [4.78, 5) is 12.7. The SMILES string of the molecule is NCCOc1ccc(NC(=O)CCS(=O)c2ccc3c(c2)OCCO3)cc1. The number of nitrogens with one attached hydrogen (secondary N) is 1. The van der Waals surface area contributed by atoms with E-state index in [9.17, 15) is 9.00 Å². The highest BCUT2D eigenvalue weighted by molar-refractivity contribution is 7.85. The van der Waals surface area contributed by atoms with Gasteiger partial charge in [-0.05, 0) is 36.4 Å². The van der Waals surface area contributed by atoms with Crippen LogP contribution >= 0.6 is 0 Å². The lowest BCUT2D eigenvalue weighted by atomic mass is 10.3. The second-order valence-electron chi connectivity index (χ2n) is 5.81. The molecule has 1 amide bonds. The number of hydrogen-bond acceptors (Lipinski definition) is 6. The summed E-state index contributed by atoms with van der Waals surface area (Å²) < 4.78 is 28.8. The van der Waals surface area contributed by atoms with Crippen molar-refractivity contribution >= 4 is 22.4 Å². The van der Waals surface area contributed by atoms with Crippen molar-refractivity contribution in [2.45, 2.75) is 11.3 Å². The van der Waals surface area contributed by atoms with Crippen molar-refractivity contribution in [2.75, 3.05) is 37.4 Å². The molecule has 3 rings (SSSR count). The van der Waals surface area contributed by atoms with Crippen LogP contribution in [-0.2, 0) is 15.6 Å². The molecule has 1 aliphatic heterocycles. The fourth-order valence-electron chi connectivity index (χ4n) is 2.50. The minimum Gasteiger partial charge on any atom is -0.492 e. The van der Waals surface area contributed by atoms with Gasteiger partial charge in [0.2, 0.25) is 5.91 Å². The molecule has 0 saturated carbocycles. The van der Waals surface area contributed by atoms with Crippen LogP contribution in [0.1, 0.15) is 6.42 Å². The maximum absolute atomic E-state index is 12.4. The molecule has 0 fully saturated rings. The van der Waals surface area contributed by atoms with Gasteiger partial charge in [0.15, 0.2) is 11.5 Å². The Labute approximate surface area is 160 Å². The minimum absolute atomic E-state index is 0.145. The van der Waals surface area contributed by atoms with Crippen LogP contribution in [0, 0.1) is 0 Å². The number of carbonyl (C=O) groups excluding carboxylic acids is 1. The topological polar surface area (TPSA) is 99.9 Å². The summed E-state index contributed by atoms with van der Waals surface area (Å²) >= 11 is 0. The molecule has 3 N–H and O–H groups in total. The first-order valence-electron chi connectivity index (χ1n) is 8.66. The summed E-state index contributed by atoms with van der Waals surface area (Å²) in [6.45, 7) is 1.87. The van der Waals surface area contributed by atoms with Gasteiger partial charge in [-0.15, -0.1) is 0 Å². The molecule has 2 aromatic rings. The van der Waals surface area contributed by atoms with E-state index in [0.29, 0.717) is 54.2 Å². The van der Waals surface area contributed by atoms with Crippen molar-refractivity contribution in [3.63, 3.8) is 0 Å². The Morgan fingerprint density at radius 1 is 1.11 bits per heavy atom. The number of fused-ring (bicyclic) bond motifs is 1. The summed E-state index contributed by atoms with van der Waals surface area (Å²) in [6, 6.07) is 12.2. The second kappa shape index (κ2) is 9.38. The Morgan fingerprint density at radius 2 is 1.85 bits per heavy atom. The van der Waals surface area contributed by atoms with Crippen molar-refractivity contribution in [3.8, 4) is 17.2 Å². The fourth-order valence-corrected chi connectivity index (χ4v) is 3.57.